The Bertz CT molecular complexity index is 1360. The highest BCUT2D eigenvalue weighted by Gasteiger charge is 2.33. The van der Waals surface area contributed by atoms with Crippen LogP contribution < -0.4 is 15.7 Å². The quantitative estimate of drug-likeness (QED) is 0.443. The molecule has 9 nitrogen and oxygen atoms in total. The fraction of sp³-hybridized carbons (Fsp3) is 0.261. The Hall–Kier alpha value is -3.85. The van der Waals surface area contributed by atoms with Crippen molar-refractivity contribution in [2.24, 2.45) is 0 Å². The minimum Gasteiger partial charge on any atom is -0.488 e. The van der Waals surface area contributed by atoms with Gasteiger partial charge in [-0.25, -0.2) is 4.79 Å². The summed E-state index contributed by atoms with van der Waals surface area (Å²) in [5.41, 5.74) is 3.77. The fourth-order valence-corrected chi connectivity index (χ4v) is 4.37. The second kappa shape index (κ2) is 7.69. The van der Waals surface area contributed by atoms with Crippen LogP contribution in [0.4, 0.5) is 0 Å². The van der Waals surface area contributed by atoms with E-state index >= 15 is 0 Å². The van der Waals surface area contributed by atoms with Crippen LogP contribution in [0.2, 0.25) is 0 Å². The average molecular weight is 434 g/mol. The lowest BCUT2D eigenvalue weighted by Crippen LogP contribution is -2.30. The Morgan fingerprint density at radius 1 is 1.31 bits per heavy atom. The van der Waals surface area contributed by atoms with Gasteiger partial charge in [-0.1, -0.05) is 35.5 Å². The number of hydrogen-bond acceptors (Lipinski definition) is 6. The van der Waals surface area contributed by atoms with Gasteiger partial charge in [-0.05, 0) is 25.5 Å². The number of nitrogens with zero attached hydrogens (tertiary/aromatic N) is 2. The van der Waals surface area contributed by atoms with Crippen LogP contribution in [0, 0.1) is 13.8 Å². The number of rotatable bonds is 5. The molecule has 5 rings (SSSR count). The van der Waals surface area contributed by atoms with Gasteiger partial charge in [-0.3, -0.25) is 9.36 Å². The maximum atomic E-state index is 13.1. The minimum atomic E-state index is -0.408. The number of hydrogen-bond donors (Lipinski definition) is 3. The molecule has 3 N–H and O–H groups in total. The number of ether oxygens (including phenoxy) is 1. The minimum absolute atomic E-state index is 0.0941. The molecule has 1 amide bonds. The smallest absolute Gasteiger partial charge is 0.327 e. The van der Waals surface area contributed by atoms with E-state index < -0.39 is 5.91 Å². The molecular formula is C23H22N4O5. The lowest BCUT2D eigenvalue weighted by Gasteiger charge is -2.27. The highest BCUT2D eigenvalue weighted by molar-refractivity contribution is 6.09. The first-order chi connectivity index (χ1) is 15.5. The summed E-state index contributed by atoms with van der Waals surface area (Å²) in [6.45, 7) is 3.76. The van der Waals surface area contributed by atoms with Gasteiger partial charge in [0.1, 0.15) is 17.9 Å². The SMILES string of the molecule is Cc1noc(C)c1-c1cc(C(=O)NCCO)c2[nH]c(=O)n3c2c1OC[C@H]3c1ccccc1. The molecule has 0 radical (unpaired) electrons. The van der Waals surface area contributed by atoms with Gasteiger partial charge in [-0.2, -0.15) is 0 Å². The first-order valence-electron chi connectivity index (χ1n) is 10.3. The van der Waals surface area contributed by atoms with Crippen LogP contribution in [0.3, 0.4) is 0 Å². The predicted molar refractivity (Wildman–Crippen MR) is 117 cm³/mol. The van der Waals surface area contributed by atoms with Crippen LogP contribution in [0.15, 0.2) is 45.7 Å². The maximum absolute atomic E-state index is 13.1. The normalized spacial score (nSPS) is 15.0. The monoisotopic (exact) mass is 434 g/mol. The molecule has 0 unspecified atom stereocenters. The molecule has 2 aromatic heterocycles. The molecule has 9 heteroatoms. The van der Waals surface area contributed by atoms with Crippen molar-refractivity contribution in [3.05, 3.63) is 69.5 Å². The molecule has 0 saturated carbocycles. The highest BCUT2D eigenvalue weighted by atomic mass is 16.5. The third-order valence-corrected chi connectivity index (χ3v) is 5.77. The Kier molecular flexibility index (Phi) is 4.82. The van der Waals surface area contributed by atoms with E-state index in [1.165, 1.54) is 0 Å². The topological polar surface area (TPSA) is 122 Å². The predicted octanol–water partition coefficient (Wildman–Crippen LogP) is 2.31. The highest BCUT2D eigenvalue weighted by Crippen LogP contribution is 2.44. The largest absolute Gasteiger partial charge is 0.488 e. The van der Waals surface area contributed by atoms with Crippen molar-refractivity contribution in [1.82, 2.24) is 20.0 Å². The fourth-order valence-electron chi connectivity index (χ4n) is 4.37. The summed E-state index contributed by atoms with van der Waals surface area (Å²) in [5.74, 6) is 0.672. The van der Waals surface area contributed by atoms with E-state index in [0.29, 0.717) is 33.8 Å². The number of aliphatic hydroxyl groups is 1. The van der Waals surface area contributed by atoms with E-state index in [0.717, 1.165) is 11.1 Å². The Labute approximate surface area is 182 Å². The van der Waals surface area contributed by atoms with Gasteiger partial charge in [0.15, 0.2) is 5.75 Å². The van der Waals surface area contributed by atoms with Gasteiger partial charge < -0.3 is 24.7 Å². The second-order valence-corrected chi connectivity index (χ2v) is 7.74. The molecule has 0 aliphatic carbocycles. The molecule has 3 heterocycles. The number of H-pyrrole nitrogens is 1. The molecule has 32 heavy (non-hydrogen) atoms. The molecule has 1 aliphatic heterocycles. The molecule has 4 aromatic rings. The molecular weight excluding hydrogens is 412 g/mol. The Balaban J connectivity index is 1.83. The van der Waals surface area contributed by atoms with E-state index in [2.05, 4.69) is 15.5 Å². The molecule has 0 fully saturated rings. The van der Waals surface area contributed by atoms with Crippen molar-refractivity contribution in [1.29, 1.82) is 0 Å². The number of aryl methyl sites for hydroxylation is 2. The first-order valence-corrected chi connectivity index (χ1v) is 10.3. The number of carbonyl (C=O) groups is 1. The summed E-state index contributed by atoms with van der Waals surface area (Å²) in [6, 6.07) is 10.9. The van der Waals surface area contributed by atoms with E-state index in [1.54, 1.807) is 17.6 Å². The molecule has 164 valence electrons. The van der Waals surface area contributed by atoms with E-state index in [9.17, 15) is 9.59 Å². The van der Waals surface area contributed by atoms with Crippen molar-refractivity contribution < 1.29 is 19.2 Å². The zero-order valence-electron chi connectivity index (χ0n) is 17.6. The van der Waals surface area contributed by atoms with Crippen molar-refractivity contribution in [2.75, 3.05) is 19.8 Å². The summed E-state index contributed by atoms with van der Waals surface area (Å²) < 4.78 is 13.2. The molecule has 0 saturated heterocycles. The number of aliphatic hydroxyl groups excluding tert-OH is 1. The third-order valence-electron chi connectivity index (χ3n) is 5.77. The van der Waals surface area contributed by atoms with Crippen LogP contribution in [-0.2, 0) is 0 Å². The van der Waals surface area contributed by atoms with Crippen molar-refractivity contribution in [2.45, 2.75) is 19.9 Å². The number of aromatic nitrogens is 3. The number of carbonyl (C=O) groups excluding carboxylic acids is 1. The number of aromatic amines is 1. The van der Waals surface area contributed by atoms with Crippen molar-refractivity contribution in [3.8, 4) is 16.9 Å². The standard InChI is InChI=1S/C23H22N4O5/c1-12-18(13(2)32-26-12)15-10-16(22(29)24-8-9-28)19-20-21(15)31-11-17(27(20)23(30)25-19)14-6-4-3-5-7-14/h3-7,10,17,28H,8-9,11H2,1-2H3,(H,24,29)(H,25,30)/t17-/m0/s1. The van der Waals surface area contributed by atoms with Gasteiger partial charge in [0.25, 0.3) is 5.91 Å². The van der Waals surface area contributed by atoms with Crippen LogP contribution in [-0.4, -0.2) is 45.5 Å². The van der Waals surface area contributed by atoms with Crippen molar-refractivity contribution in [3.63, 3.8) is 0 Å². The summed E-state index contributed by atoms with van der Waals surface area (Å²) in [7, 11) is 0. The molecule has 1 atom stereocenters. The van der Waals surface area contributed by atoms with E-state index in [-0.39, 0.29) is 37.1 Å². The van der Waals surface area contributed by atoms with Gasteiger partial charge in [-0.15, -0.1) is 0 Å². The second-order valence-electron chi connectivity index (χ2n) is 7.74. The van der Waals surface area contributed by atoms with Crippen LogP contribution in [0.1, 0.15) is 33.4 Å². The van der Waals surface area contributed by atoms with Crippen LogP contribution >= 0.6 is 0 Å². The van der Waals surface area contributed by atoms with Gasteiger partial charge in [0, 0.05) is 12.1 Å². The summed E-state index contributed by atoms with van der Waals surface area (Å²) in [4.78, 5) is 28.9. The third kappa shape index (κ3) is 3.01. The number of benzene rings is 2. The van der Waals surface area contributed by atoms with Gasteiger partial charge in [0.05, 0.1) is 35.0 Å². The average Bonchev–Trinajstić information content (AvgIpc) is 3.33. The summed E-state index contributed by atoms with van der Waals surface area (Å²) >= 11 is 0. The molecule has 0 bridgehead atoms. The number of nitrogens with one attached hydrogen (secondary N) is 2. The van der Waals surface area contributed by atoms with Crippen LogP contribution in [0.5, 0.6) is 5.75 Å². The maximum Gasteiger partial charge on any atom is 0.327 e. The lowest BCUT2D eigenvalue weighted by atomic mass is 9.97. The zero-order valence-corrected chi connectivity index (χ0v) is 17.6. The first kappa shape index (κ1) is 20.1. The van der Waals surface area contributed by atoms with Gasteiger partial charge >= 0.3 is 5.69 Å². The summed E-state index contributed by atoms with van der Waals surface area (Å²) in [6.07, 6.45) is 0. The Morgan fingerprint density at radius 2 is 2.09 bits per heavy atom. The summed E-state index contributed by atoms with van der Waals surface area (Å²) in [5, 5.41) is 15.8. The van der Waals surface area contributed by atoms with Crippen LogP contribution in [0.25, 0.3) is 22.2 Å². The molecule has 2 aromatic carbocycles. The molecule has 0 spiro atoms. The van der Waals surface area contributed by atoms with E-state index in [1.807, 2.05) is 37.3 Å². The molecule has 1 aliphatic rings. The van der Waals surface area contributed by atoms with Gasteiger partial charge in [0.2, 0.25) is 0 Å². The van der Waals surface area contributed by atoms with Crippen molar-refractivity contribution >= 4 is 16.9 Å². The zero-order chi connectivity index (χ0) is 22.4. The lowest BCUT2D eigenvalue weighted by molar-refractivity contribution is 0.0946. The Morgan fingerprint density at radius 3 is 2.78 bits per heavy atom. The number of amides is 1. The number of imidazole rings is 1. The van der Waals surface area contributed by atoms with E-state index in [4.69, 9.17) is 14.4 Å².